The molecule has 102 valence electrons. The van der Waals surface area contributed by atoms with Crippen molar-refractivity contribution in [1.29, 1.82) is 0 Å². The second-order valence-corrected chi connectivity index (χ2v) is 5.53. The smallest absolute Gasteiger partial charge is 0.263 e. The number of aliphatic hydroxyl groups excluding tert-OH is 1. The third-order valence-corrected chi connectivity index (χ3v) is 3.94. The largest absolute Gasteiger partial charge is 0.384 e. The molecule has 2 rings (SSSR count). The number of ether oxygens (including phenoxy) is 1. The topological polar surface area (TPSA) is 49.8 Å². The van der Waals surface area contributed by atoms with Crippen molar-refractivity contribution in [3.05, 3.63) is 21.9 Å². The molecule has 5 heteroatoms. The van der Waals surface area contributed by atoms with E-state index in [4.69, 9.17) is 9.84 Å². The lowest BCUT2D eigenvalue weighted by Crippen LogP contribution is -2.33. The summed E-state index contributed by atoms with van der Waals surface area (Å²) in [5, 5.41) is 8.63. The van der Waals surface area contributed by atoms with Gasteiger partial charge < -0.3 is 14.7 Å². The molecular formula is C14H17NO3S. The Morgan fingerprint density at radius 3 is 3.16 bits per heavy atom. The summed E-state index contributed by atoms with van der Waals surface area (Å²) >= 11 is 1.35. The minimum absolute atomic E-state index is 0.00227. The maximum atomic E-state index is 12.2. The summed E-state index contributed by atoms with van der Waals surface area (Å²) in [5.74, 6) is 5.38. The third-order valence-electron chi connectivity index (χ3n) is 2.96. The second kappa shape index (κ2) is 6.71. The van der Waals surface area contributed by atoms with Crippen molar-refractivity contribution in [1.82, 2.24) is 4.90 Å². The lowest BCUT2D eigenvalue weighted by Gasteiger charge is -2.20. The Morgan fingerprint density at radius 2 is 2.47 bits per heavy atom. The summed E-state index contributed by atoms with van der Waals surface area (Å²) in [6.07, 6.45) is 2.27. The molecule has 0 spiro atoms. The fourth-order valence-corrected chi connectivity index (χ4v) is 2.89. The number of carbonyl (C=O) groups is 1. The van der Waals surface area contributed by atoms with Crippen LogP contribution in [-0.4, -0.2) is 48.8 Å². The quantitative estimate of drug-likeness (QED) is 0.850. The Morgan fingerprint density at radius 1 is 1.63 bits per heavy atom. The van der Waals surface area contributed by atoms with Crippen molar-refractivity contribution >= 4 is 17.2 Å². The van der Waals surface area contributed by atoms with Gasteiger partial charge in [0.15, 0.2) is 0 Å². The summed E-state index contributed by atoms with van der Waals surface area (Å²) in [5.41, 5.74) is 0. The van der Waals surface area contributed by atoms with Crippen LogP contribution >= 0.6 is 11.3 Å². The van der Waals surface area contributed by atoms with Crippen LogP contribution in [0, 0.1) is 11.8 Å². The van der Waals surface area contributed by atoms with Crippen LogP contribution in [0.15, 0.2) is 12.1 Å². The fourth-order valence-electron chi connectivity index (χ4n) is 2.01. The lowest BCUT2D eigenvalue weighted by molar-refractivity contribution is 0.0590. The number of hydrogen-bond donors (Lipinski definition) is 1. The van der Waals surface area contributed by atoms with E-state index in [-0.39, 0.29) is 18.6 Å². The molecule has 1 aromatic rings. The van der Waals surface area contributed by atoms with E-state index < -0.39 is 0 Å². The molecule has 2 heterocycles. The van der Waals surface area contributed by atoms with Gasteiger partial charge in [-0.15, -0.1) is 11.3 Å². The summed E-state index contributed by atoms with van der Waals surface area (Å²) < 4.78 is 5.53. The molecule has 1 N–H and O–H groups in total. The minimum atomic E-state index is -0.167. The van der Waals surface area contributed by atoms with Crippen LogP contribution in [0.25, 0.3) is 0 Å². The highest BCUT2D eigenvalue weighted by molar-refractivity contribution is 7.14. The SMILES string of the molecule is CN(CC1CCCO1)C(=O)c1ccc(C#CCO)s1. The van der Waals surface area contributed by atoms with E-state index in [1.807, 2.05) is 0 Å². The molecule has 0 bridgehead atoms. The maximum Gasteiger partial charge on any atom is 0.263 e. The summed E-state index contributed by atoms with van der Waals surface area (Å²) in [6, 6.07) is 3.58. The number of carbonyl (C=O) groups excluding carboxylic acids is 1. The van der Waals surface area contributed by atoms with Crippen molar-refractivity contribution in [2.24, 2.45) is 0 Å². The molecular weight excluding hydrogens is 262 g/mol. The monoisotopic (exact) mass is 279 g/mol. The van der Waals surface area contributed by atoms with Crippen molar-refractivity contribution in [2.75, 3.05) is 26.8 Å². The molecule has 1 atom stereocenters. The molecule has 0 aliphatic carbocycles. The van der Waals surface area contributed by atoms with E-state index in [2.05, 4.69) is 11.8 Å². The molecule has 1 aliphatic rings. The van der Waals surface area contributed by atoms with Crippen LogP contribution in [0.2, 0.25) is 0 Å². The highest BCUT2D eigenvalue weighted by Gasteiger charge is 2.21. The zero-order valence-corrected chi connectivity index (χ0v) is 11.7. The number of likely N-dealkylation sites (N-methyl/N-ethyl adjacent to an activating group) is 1. The van der Waals surface area contributed by atoms with Gasteiger partial charge in [0.05, 0.1) is 15.9 Å². The molecule has 0 aromatic carbocycles. The lowest BCUT2D eigenvalue weighted by atomic mass is 10.2. The first-order chi connectivity index (χ1) is 9.20. The van der Waals surface area contributed by atoms with E-state index in [1.54, 1.807) is 24.1 Å². The van der Waals surface area contributed by atoms with Crippen LogP contribution in [0.5, 0.6) is 0 Å². The van der Waals surface area contributed by atoms with Crippen molar-refractivity contribution in [3.63, 3.8) is 0 Å². The highest BCUT2D eigenvalue weighted by atomic mass is 32.1. The fraction of sp³-hybridized carbons (Fsp3) is 0.500. The van der Waals surface area contributed by atoms with E-state index >= 15 is 0 Å². The normalized spacial score (nSPS) is 17.9. The molecule has 1 unspecified atom stereocenters. The average molecular weight is 279 g/mol. The van der Waals surface area contributed by atoms with E-state index in [1.165, 1.54) is 11.3 Å². The van der Waals surface area contributed by atoms with Crippen molar-refractivity contribution in [3.8, 4) is 11.8 Å². The molecule has 1 saturated heterocycles. The van der Waals surface area contributed by atoms with Gasteiger partial charge in [-0.25, -0.2) is 0 Å². The molecule has 0 saturated carbocycles. The van der Waals surface area contributed by atoms with Crippen LogP contribution in [0.3, 0.4) is 0 Å². The number of rotatable bonds is 3. The highest BCUT2D eigenvalue weighted by Crippen LogP contribution is 2.19. The maximum absolute atomic E-state index is 12.2. The molecule has 1 aromatic heterocycles. The number of amides is 1. The van der Waals surface area contributed by atoms with Gasteiger partial charge in [-0.05, 0) is 25.0 Å². The predicted molar refractivity (Wildman–Crippen MR) is 74.2 cm³/mol. The molecule has 4 nitrogen and oxygen atoms in total. The van der Waals surface area contributed by atoms with Gasteiger partial charge >= 0.3 is 0 Å². The Bertz CT molecular complexity index is 494. The van der Waals surface area contributed by atoms with Crippen LogP contribution < -0.4 is 0 Å². The van der Waals surface area contributed by atoms with E-state index in [9.17, 15) is 4.79 Å². The molecule has 1 aliphatic heterocycles. The van der Waals surface area contributed by atoms with Gasteiger partial charge in [0.25, 0.3) is 5.91 Å². The zero-order valence-electron chi connectivity index (χ0n) is 10.9. The van der Waals surface area contributed by atoms with Gasteiger partial charge in [0, 0.05) is 20.2 Å². The number of hydrogen-bond acceptors (Lipinski definition) is 4. The van der Waals surface area contributed by atoms with Gasteiger partial charge in [0.2, 0.25) is 0 Å². The standard InChI is InChI=1S/C14H17NO3S/c1-15(10-11-4-3-9-18-11)14(17)13-7-6-12(19-13)5-2-8-16/h6-7,11,16H,3-4,8-10H2,1H3. The average Bonchev–Trinajstić information content (AvgIpc) is 3.06. The summed E-state index contributed by atoms with van der Waals surface area (Å²) in [7, 11) is 1.79. The Hall–Kier alpha value is -1.35. The van der Waals surface area contributed by atoms with Gasteiger partial charge in [-0.1, -0.05) is 11.8 Å². The Balaban J connectivity index is 1.96. The Labute approximate surface area is 117 Å². The minimum Gasteiger partial charge on any atom is -0.384 e. The van der Waals surface area contributed by atoms with Gasteiger partial charge in [0.1, 0.15) is 6.61 Å². The molecule has 19 heavy (non-hydrogen) atoms. The van der Waals surface area contributed by atoms with Crippen LogP contribution in [0.4, 0.5) is 0 Å². The van der Waals surface area contributed by atoms with Crippen LogP contribution in [0.1, 0.15) is 27.4 Å². The summed E-state index contributed by atoms with van der Waals surface area (Å²) in [4.78, 5) is 15.4. The first-order valence-corrected chi connectivity index (χ1v) is 7.09. The van der Waals surface area contributed by atoms with Crippen molar-refractivity contribution < 1.29 is 14.6 Å². The number of aliphatic hydroxyl groups is 1. The van der Waals surface area contributed by atoms with Crippen LogP contribution in [-0.2, 0) is 4.74 Å². The summed E-state index contributed by atoms with van der Waals surface area (Å²) in [6.45, 7) is 1.26. The Kier molecular flexibility index (Phi) is 4.97. The molecule has 0 radical (unpaired) electrons. The molecule has 1 amide bonds. The van der Waals surface area contributed by atoms with Crippen molar-refractivity contribution in [2.45, 2.75) is 18.9 Å². The predicted octanol–water partition coefficient (Wildman–Crippen LogP) is 1.34. The van der Waals surface area contributed by atoms with Gasteiger partial charge in [-0.3, -0.25) is 4.79 Å². The van der Waals surface area contributed by atoms with E-state index in [0.29, 0.717) is 11.4 Å². The first kappa shape index (κ1) is 14.1. The molecule has 1 fully saturated rings. The number of thiophene rings is 1. The first-order valence-electron chi connectivity index (χ1n) is 6.27. The third kappa shape index (κ3) is 3.80. The number of nitrogens with zero attached hydrogens (tertiary/aromatic N) is 1. The van der Waals surface area contributed by atoms with Gasteiger partial charge in [-0.2, -0.15) is 0 Å². The second-order valence-electron chi connectivity index (χ2n) is 4.44. The van der Waals surface area contributed by atoms with E-state index in [0.717, 1.165) is 24.3 Å². The zero-order chi connectivity index (χ0) is 13.7.